The summed E-state index contributed by atoms with van der Waals surface area (Å²) in [7, 11) is 0. The van der Waals surface area contributed by atoms with Crippen LogP contribution in [0.1, 0.15) is 11.1 Å². The molecule has 0 unspecified atom stereocenters. The third-order valence-electron chi connectivity index (χ3n) is 3.56. The number of nitrogens with zero attached hydrogens (tertiary/aromatic N) is 2. The van der Waals surface area contributed by atoms with Gasteiger partial charge in [0.2, 0.25) is 11.8 Å². The van der Waals surface area contributed by atoms with Crippen molar-refractivity contribution in [3.63, 3.8) is 0 Å². The van der Waals surface area contributed by atoms with Crippen molar-refractivity contribution in [2.75, 3.05) is 5.73 Å². The van der Waals surface area contributed by atoms with E-state index in [0.717, 1.165) is 42.7 Å². The lowest BCUT2D eigenvalue weighted by atomic mass is 10.2. The smallest absolute Gasteiger partial charge is 0.416 e. The van der Waals surface area contributed by atoms with Gasteiger partial charge in [0.15, 0.2) is 5.69 Å². The van der Waals surface area contributed by atoms with Crippen LogP contribution in [0.4, 0.5) is 32.0 Å². The van der Waals surface area contributed by atoms with E-state index in [2.05, 4.69) is 9.97 Å². The summed E-state index contributed by atoms with van der Waals surface area (Å²) in [4.78, 5) is 7.45. The molecule has 1 heterocycles. The van der Waals surface area contributed by atoms with Crippen LogP contribution in [0, 0.1) is 0 Å². The van der Waals surface area contributed by atoms with Crippen molar-refractivity contribution >= 4 is 5.69 Å². The second-order valence-electron chi connectivity index (χ2n) is 5.65. The Hall–Kier alpha value is -3.50. The van der Waals surface area contributed by atoms with Crippen LogP contribution >= 0.6 is 0 Å². The fraction of sp³-hybridized carbons (Fsp3) is 0.111. The van der Waals surface area contributed by atoms with Gasteiger partial charge < -0.3 is 15.2 Å². The second kappa shape index (κ2) is 7.49. The zero-order valence-corrected chi connectivity index (χ0v) is 14.3. The van der Waals surface area contributed by atoms with Crippen molar-refractivity contribution < 1.29 is 35.8 Å². The van der Waals surface area contributed by atoms with Gasteiger partial charge in [-0.05, 0) is 36.4 Å². The molecule has 3 aromatic rings. The lowest BCUT2D eigenvalue weighted by molar-refractivity contribution is -0.138. The molecule has 1 aromatic heterocycles. The highest BCUT2D eigenvalue weighted by Gasteiger charge is 2.31. The monoisotopic (exact) mass is 415 g/mol. The molecule has 0 aliphatic carbocycles. The van der Waals surface area contributed by atoms with Crippen molar-refractivity contribution in [1.82, 2.24) is 9.97 Å². The number of benzene rings is 2. The Morgan fingerprint density at radius 3 is 1.48 bits per heavy atom. The average molecular weight is 415 g/mol. The summed E-state index contributed by atoms with van der Waals surface area (Å²) >= 11 is 0. The average Bonchev–Trinajstić information content (AvgIpc) is 2.64. The lowest BCUT2D eigenvalue weighted by Gasteiger charge is -2.13. The number of hydrogen-bond acceptors (Lipinski definition) is 5. The number of rotatable bonds is 4. The number of nitrogens with two attached hydrogens (primary N) is 1. The van der Waals surface area contributed by atoms with E-state index in [1.807, 2.05) is 0 Å². The third-order valence-corrected chi connectivity index (χ3v) is 3.56. The van der Waals surface area contributed by atoms with E-state index in [1.54, 1.807) is 0 Å². The van der Waals surface area contributed by atoms with E-state index in [4.69, 9.17) is 15.2 Å². The number of nitrogen functional groups attached to an aromatic ring is 1. The highest BCUT2D eigenvalue weighted by Crippen LogP contribution is 2.37. The molecule has 0 spiro atoms. The van der Waals surface area contributed by atoms with Crippen LogP contribution in [-0.2, 0) is 12.4 Å². The Kier molecular flexibility index (Phi) is 5.23. The molecule has 3 rings (SSSR count). The lowest BCUT2D eigenvalue weighted by Crippen LogP contribution is -2.06. The first-order valence-corrected chi connectivity index (χ1v) is 7.85. The number of aromatic nitrogens is 2. The summed E-state index contributed by atoms with van der Waals surface area (Å²) in [6, 6.07) is 7.99. The van der Waals surface area contributed by atoms with Crippen LogP contribution < -0.4 is 15.2 Å². The zero-order chi connectivity index (χ0) is 21.2. The van der Waals surface area contributed by atoms with Gasteiger partial charge in [-0.2, -0.15) is 36.3 Å². The van der Waals surface area contributed by atoms with Crippen LogP contribution in [0.3, 0.4) is 0 Å². The number of alkyl halides is 6. The predicted molar refractivity (Wildman–Crippen MR) is 89.5 cm³/mol. The van der Waals surface area contributed by atoms with Gasteiger partial charge in [0.05, 0.1) is 11.1 Å². The van der Waals surface area contributed by atoms with Crippen LogP contribution in [0.15, 0.2) is 54.9 Å². The van der Waals surface area contributed by atoms with E-state index in [1.165, 1.54) is 12.1 Å². The molecule has 2 N–H and O–H groups in total. The van der Waals surface area contributed by atoms with Crippen LogP contribution in [0.25, 0.3) is 0 Å². The molecule has 0 radical (unpaired) electrons. The van der Waals surface area contributed by atoms with E-state index in [9.17, 15) is 26.3 Å². The number of halogens is 6. The SMILES string of the molecule is Nc1c(Oc2cccc(C(F)(F)F)c2)ncnc1Oc1cccc(C(F)(F)F)c1. The normalized spacial score (nSPS) is 11.9. The minimum absolute atomic E-state index is 0.199. The van der Waals surface area contributed by atoms with Gasteiger partial charge in [-0.25, -0.2) is 0 Å². The fourth-order valence-electron chi connectivity index (χ4n) is 2.22. The topological polar surface area (TPSA) is 70.3 Å². The molecule has 0 saturated carbocycles. The molecule has 0 atom stereocenters. The first-order chi connectivity index (χ1) is 13.5. The molecule has 29 heavy (non-hydrogen) atoms. The molecule has 5 nitrogen and oxygen atoms in total. The zero-order valence-electron chi connectivity index (χ0n) is 14.3. The van der Waals surface area contributed by atoms with E-state index in [-0.39, 0.29) is 28.9 Å². The number of ether oxygens (including phenoxy) is 2. The van der Waals surface area contributed by atoms with Crippen LogP contribution in [0.5, 0.6) is 23.3 Å². The van der Waals surface area contributed by atoms with Crippen LogP contribution in [0.2, 0.25) is 0 Å². The van der Waals surface area contributed by atoms with E-state index < -0.39 is 23.5 Å². The minimum atomic E-state index is -4.58. The maximum atomic E-state index is 12.8. The van der Waals surface area contributed by atoms with Crippen molar-refractivity contribution in [2.45, 2.75) is 12.4 Å². The summed E-state index contributed by atoms with van der Waals surface area (Å²) in [5, 5.41) is 0. The Bertz CT molecular complexity index is 943. The summed E-state index contributed by atoms with van der Waals surface area (Å²) in [5.74, 6) is -1.03. The molecule has 0 aliphatic rings. The van der Waals surface area contributed by atoms with Gasteiger partial charge in [0.1, 0.15) is 17.8 Å². The first kappa shape index (κ1) is 20.2. The molecule has 0 amide bonds. The van der Waals surface area contributed by atoms with Gasteiger partial charge in [-0.1, -0.05) is 12.1 Å². The summed E-state index contributed by atoms with van der Waals surface area (Å²) in [6.07, 6.45) is -8.20. The Morgan fingerprint density at radius 1 is 0.690 bits per heavy atom. The fourth-order valence-corrected chi connectivity index (χ4v) is 2.22. The highest BCUT2D eigenvalue weighted by atomic mass is 19.4. The Morgan fingerprint density at radius 2 is 1.10 bits per heavy atom. The van der Waals surface area contributed by atoms with Crippen LogP contribution in [-0.4, -0.2) is 9.97 Å². The molecule has 11 heteroatoms. The van der Waals surface area contributed by atoms with Gasteiger partial charge in [0.25, 0.3) is 0 Å². The van der Waals surface area contributed by atoms with E-state index >= 15 is 0 Å². The number of hydrogen-bond donors (Lipinski definition) is 1. The van der Waals surface area contributed by atoms with Crippen molar-refractivity contribution in [2.24, 2.45) is 0 Å². The maximum absolute atomic E-state index is 12.8. The summed E-state index contributed by atoms with van der Waals surface area (Å²) < 4.78 is 87.3. The highest BCUT2D eigenvalue weighted by molar-refractivity contribution is 5.58. The van der Waals surface area contributed by atoms with Crippen molar-refractivity contribution in [3.8, 4) is 23.3 Å². The molecule has 0 aliphatic heterocycles. The molecule has 0 fully saturated rings. The largest absolute Gasteiger partial charge is 0.437 e. The first-order valence-electron chi connectivity index (χ1n) is 7.85. The molecule has 0 bridgehead atoms. The molecular formula is C18H11F6N3O2. The quantitative estimate of drug-likeness (QED) is 0.555. The van der Waals surface area contributed by atoms with E-state index in [0.29, 0.717) is 0 Å². The number of anilines is 1. The van der Waals surface area contributed by atoms with Gasteiger partial charge >= 0.3 is 12.4 Å². The summed E-state index contributed by atoms with van der Waals surface area (Å²) in [6.45, 7) is 0. The second-order valence-corrected chi connectivity index (χ2v) is 5.65. The minimum Gasteiger partial charge on any atom is -0.437 e. The van der Waals surface area contributed by atoms with Gasteiger partial charge in [-0.3, -0.25) is 0 Å². The predicted octanol–water partition coefficient (Wildman–Crippen LogP) is 5.68. The molecule has 0 saturated heterocycles. The Balaban J connectivity index is 1.86. The van der Waals surface area contributed by atoms with Gasteiger partial charge in [0, 0.05) is 0 Å². The third kappa shape index (κ3) is 4.86. The van der Waals surface area contributed by atoms with Gasteiger partial charge in [-0.15, -0.1) is 0 Å². The standard InChI is InChI=1S/C18H11F6N3O2/c19-17(20,21)10-3-1-5-12(7-10)28-15-14(25)16(27-9-26-15)29-13-6-2-4-11(8-13)18(22,23)24/h1-9H,25H2. The van der Waals surface area contributed by atoms with Crippen molar-refractivity contribution in [3.05, 3.63) is 66.0 Å². The Labute approximate surface area is 159 Å². The molecular weight excluding hydrogens is 404 g/mol. The van der Waals surface area contributed by atoms with Crippen molar-refractivity contribution in [1.29, 1.82) is 0 Å². The summed E-state index contributed by atoms with van der Waals surface area (Å²) in [5.41, 5.74) is 3.62. The molecule has 152 valence electrons. The maximum Gasteiger partial charge on any atom is 0.416 e. The molecule has 2 aromatic carbocycles.